The SMILES string of the molecule is CCN(CC)Cc1ccc(C(=O)Nc2ccccc2NC(=O)c2ccccc2)cc1. The largest absolute Gasteiger partial charge is 0.320 e. The van der Waals surface area contributed by atoms with Crippen LogP contribution in [0.3, 0.4) is 0 Å². The van der Waals surface area contributed by atoms with E-state index >= 15 is 0 Å². The molecule has 0 heterocycles. The summed E-state index contributed by atoms with van der Waals surface area (Å²) in [5.41, 5.74) is 3.41. The fraction of sp³-hybridized carbons (Fsp3) is 0.200. The van der Waals surface area contributed by atoms with Crippen molar-refractivity contribution in [3.05, 3.63) is 95.6 Å². The molecule has 0 fully saturated rings. The van der Waals surface area contributed by atoms with E-state index in [1.807, 2.05) is 54.6 Å². The van der Waals surface area contributed by atoms with Gasteiger partial charge >= 0.3 is 0 Å². The second kappa shape index (κ2) is 10.4. The molecule has 30 heavy (non-hydrogen) atoms. The standard InChI is InChI=1S/C25H27N3O2/c1-3-28(4-2)18-19-14-16-21(17-15-19)25(30)27-23-13-9-8-12-22(23)26-24(29)20-10-6-5-7-11-20/h5-17H,3-4,18H2,1-2H3,(H,26,29)(H,27,30). The molecule has 0 aliphatic carbocycles. The van der Waals surface area contributed by atoms with Gasteiger partial charge in [0.25, 0.3) is 11.8 Å². The lowest BCUT2D eigenvalue weighted by atomic mass is 10.1. The summed E-state index contributed by atoms with van der Waals surface area (Å²) >= 11 is 0. The Morgan fingerprint density at radius 3 is 1.63 bits per heavy atom. The lowest BCUT2D eigenvalue weighted by molar-refractivity contribution is 0.101. The number of amides is 2. The number of hydrogen-bond donors (Lipinski definition) is 2. The van der Waals surface area contributed by atoms with Gasteiger partial charge in [0.15, 0.2) is 0 Å². The summed E-state index contributed by atoms with van der Waals surface area (Å²) in [5.74, 6) is -0.441. The van der Waals surface area contributed by atoms with Gasteiger partial charge < -0.3 is 10.6 Å². The molecule has 0 saturated heterocycles. The molecule has 0 aromatic heterocycles. The number of rotatable bonds is 8. The van der Waals surface area contributed by atoms with Crippen LogP contribution in [0.15, 0.2) is 78.9 Å². The quantitative estimate of drug-likeness (QED) is 0.556. The highest BCUT2D eigenvalue weighted by atomic mass is 16.2. The van der Waals surface area contributed by atoms with Gasteiger partial charge in [-0.15, -0.1) is 0 Å². The maximum Gasteiger partial charge on any atom is 0.255 e. The molecule has 2 amide bonds. The Labute approximate surface area is 177 Å². The number of nitrogens with zero attached hydrogens (tertiary/aromatic N) is 1. The van der Waals surface area contributed by atoms with Crippen molar-refractivity contribution >= 4 is 23.2 Å². The molecule has 0 bridgehead atoms. The summed E-state index contributed by atoms with van der Waals surface area (Å²) < 4.78 is 0. The Morgan fingerprint density at radius 2 is 1.13 bits per heavy atom. The van der Waals surface area contributed by atoms with E-state index in [0.29, 0.717) is 22.5 Å². The monoisotopic (exact) mass is 401 g/mol. The van der Waals surface area contributed by atoms with E-state index in [1.165, 1.54) is 5.56 Å². The van der Waals surface area contributed by atoms with Crippen LogP contribution in [0.2, 0.25) is 0 Å². The Balaban J connectivity index is 1.69. The maximum atomic E-state index is 12.7. The van der Waals surface area contributed by atoms with Crippen molar-refractivity contribution < 1.29 is 9.59 Å². The Morgan fingerprint density at radius 1 is 0.667 bits per heavy atom. The fourth-order valence-electron chi connectivity index (χ4n) is 3.15. The molecule has 0 spiro atoms. The minimum absolute atomic E-state index is 0.217. The van der Waals surface area contributed by atoms with E-state index in [2.05, 4.69) is 29.4 Å². The maximum absolute atomic E-state index is 12.7. The van der Waals surface area contributed by atoms with Gasteiger partial charge in [-0.05, 0) is 55.1 Å². The van der Waals surface area contributed by atoms with Gasteiger partial charge in [0, 0.05) is 17.7 Å². The molecule has 3 aromatic carbocycles. The van der Waals surface area contributed by atoms with E-state index in [-0.39, 0.29) is 11.8 Å². The third-order valence-electron chi connectivity index (χ3n) is 4.98. The number of para-hydroxylation sites is 2. The second-order valence-corrected chi connectivity index (χ2v) is 6.98. The van der Waals surface area contributed by atoms with Gasteiger partial charge in [0.05, 0.1) is 11.4 Å². The number of hydrogen-bond acceptors (Lipinski definition) is 3. The van der Waals surface area contributed by atoms with Gasteiger partial charge in [-0.1, -0.05) is 56.3 Å². The summed E-state index contributed by atoms with van der Waals surface area (Å²) in [4.78, 5) is 27.5. The third-order valence-corrected chi connectivity index (χ3v) is 4.98. The molecular formula is C25H27N3O2. The zero-order chi connectivity index (χ0) is 21.3. The second-order valence-electron chi connectivity index (χ2n) is 6.98. The molecule has 5 nitrogen and oxygen atoms in total. The van der Waals surface area contributed by atoms with Crippen LogP contribution >= 0.6 is 0 Å². The Hall–Kier alpha value is -3.44. The number of nitrogens with one attached hydrogen (secondary N) is 2. The fourth-order valence-corrected chi connectivity index (χ4v) is 3.15. The van der Waals surface area contributed by atoms with Crippen LogP contribution in [0.25, 0.3) is 0 Å². The van der Waals surface area contributed by atoms with Gasteiger partial charge in [-0.2, -0.15) is 0 Å². The lowest BCUT2D eigenvalue weighted by Gasteiger charge is -2.18. The summed E-state index contributed by atoms with van der Waals surface area (Å²) in [6, 6.07) is 23.8. The van der Waals surface area contributed by atoms with Crippen molar-refractivity contribution in [2.75, 3.05) is 23.7 Å². The molecule has 0 atom stereocenters. The smallest absolute Gasteiger partial charge is 0.255 e. The number of anilines is 2. The summed E-state index contributed by atoms with van der Waals surface area (Å²) in [5, 5.41) is 5.77. The molecule has 0 aliphatic heterocycles. The Kier molecular flexibility index (Phi) is 7.35. The molecule has 5 heteroatoms. The summed E-state index contributed by atoms with van der Waals surface area (Å²) in [6.45, 7) is 7.12. The average molecular weight is 402 g/mol. The van der Waals surface area contributed by atoms with E-state index in [1.54, 1.807) is 24.3 Å². The third kappa shape index (κ3) is 5.55. The average Bonchev–Trinajstić information content (AvgIpc) is 2.79. The van der Waals surface area contributed by atoms with Crippen molar-refractivity contribution in [2.24, 2.45) is 0 Å². The highest BCUT2D eigenvalue weighted by Gasteiger charge is 2.12. The van der Waals surface area contributed by atoms with Crippen molar-refractivity contribution in [2.45, 2.75) is 20.4 Å². The van der Waals surface area contributed by atoms with Crippen LogP contribution in [-0.4, -0.2) is 29.8 Å². The van der Waals surface area contributed by atoms with Crippen molar-refractivity contribution in [1.29, 1.82) is 0 Å². The zero-order valence-corrected chi connectivity index (χ0v) is 17.4. The van der Waals surface area contributed by atoms with Crippen molar-refractivity contribution in [1.82, 2.24) is 4.90 Å². The molecule has 3 aromatic rings. The highest BCUT2D eigenvalue weighted by molar-refractivity contribution is 6.09. The molecule has 0 saturated carbocycles. The van der Waals surface area contributed by atoms with Crippen LogP contribution in [0.4, 0.5) is 11.4 Å². The molecule has 2 N–H and O–H groups in total. The topological polar surface area (TPSA) is 61.4 Å². The molecule has 0 radical (unpaired) electrons. The van der Waals surface area contributed by atoms with E-state index in [4.69, 9.17) is 0 Å². The van der Waals surface area contributed by atoms with Crippen LogP contribution in [-0.2, 0) is 6.54 Å². The molecule has 154 valence electrons. The van der Waals surface area contributed by atoms with Gasteiger partial charge in [0.1, 0.15) is 0 Å². The predicted octanol–water partition coefficient (Wildman–Crippen LogP) is 5.03. The zero-order valence-electron chi connectivity index (χ0n) is 17.4. The van der Waals surface area contributed by atoms with E-state index in [9.17, 15) is 9.59 Å². The van der Waals surface area contributed by atoms with Gasteiger partial charge in [-0.25, -0.2) is 0 Å². The van der Waals surface area contributed by atoms with E-state index in [0.717, 1.165) is 19.6 Å². The highest BCUT2D eigenvalue weighted by Crippen LogP contribution is 2.22. The minimum Gasteiger partial charge on any atom is -0.320 e. The summed E-state index contributed by atoms with van der Waals surface area (Å²) in [7, 11) is 0. The minimum atomic E-state index is -0.224. The number of carbonyl (C=O) groups is 2. The van der Waals surface area contributed by atoms with Crippen molar-refractivity contribution in [3.63, 3.8) is 0 Å². The molecule has 3 rings (SSSR count). The van der Waals surface area contributed by atoms with Crippen LogP contribution in [0.1, 0.15) is 40.1 Å². The van der Waals surface area contributed by atoms with Crippen molar-refractivity contribution in [3.8, 4) is 0 Å². The van der Waals surface area contributed by atoms with E-state index < -0.39 is 0 Å². The molecule has 0 aliphatic rings. The number of carbonyl (C=O) groups excluding carboxylic acids is 2. The predicted molar refractivity (Wildman–Crippen MR) is 122 cm³/mol. The summed E-state index contributed by atoms with van der Waals surface area (Å²) in [6.07, 6.45) is 0. The first-order chi connectivity index (χ1) is 14.6. The first-order valence-electron chi connectivity index (χ1n) is 10.2. The molecular weight excluding hydrogens is 374 g/mol. The molecule has 0 unspecified atom stereocenters. The number of benzene rings is 3. The van der Waals surface area contributed by atoms with Gasteiger partial charge in [-0.3, -0.25) is 14.5 Å². The van der Waals surface area contributed by atoms with Crippen LogP contribution < -0.4 is 10.6 Å². The first kappa shape index (κ1) is 21.3. The lowest BCUT2D eigenvalue weighted by Crippen LogP contribution is -2.22. The van der Waals surface area contributed by atoms with Gasteiger partial charge in [0.2, 0.25) is 0 Å². The van der Waals surface area contributed by atoms with Crippen LogP contribution in [0.5, 0.6) is 0 Å². The first-order valence-corrected chi connectivity index (χ1v) is 10.2. The normalized spacial score (nSPS) is 10.6. The Bertz CT molecular complexity index is 981. The van der Waals surface area contributed by atoms with Crippen LogP contribution in [0, 0.1) is 0 Å².